The minimum atomic E-state index is -0.102. The summed E-state index contributed by atoms with van der Waals surface area (Å²) in [5, 5.41) is 12.3. The Morgan fingerprint density at radius 2 is 1.93 bits per heavy atom. The summed E-state index contributed by atoms with van der Waals surface area (Å²) < 4.78 is 0. The van der Waals surface area contributed by atoms with Gasteiger partial charge in [-0.1, -0.05) is 29.8 Å². The van der Waals surface area contributed by atoms with E-state index in [2.05, 4.69) is 16.3 Å². The molecule has 2 aromatic carbocycles. The number of hydrogen-bond acceptors (Lipinski definition) is 5. The molecule has 1 fully saturated rings. The Kier molecular flexibility index (Phi) is 8.14. The molecule has 1 heterocycles. The average Bonchev–Trinajstić information content (AvgIpc) is 2.98. The van der Waals surface area contributed by atoms with E-state index in [0.29, 0.717) is 36.0 Å². The van der Waals surface area contributed by atoms with Crippen molar-refractivity contribution in [2.24, 2.45) is 0 Å². The lowest BCUT2D eigenvalue weighted by Crippen LogP contribution is -2.38. The van der Waals surface area contributed by atoms with E-state index in [-0.39, 0.29) is 18.4 Å². The van der Waals surface area contributed by atoms with E-state index in [1.807, 2.05) is 29.2 Å². The predicted molar refractivity (Wildman–Crippen MR) is 120 cm³/mol. The van der Waals surface area contributed by atoms with E-state index < -0.39 is 0 Å². The Balaban J connectivity index is 1.54. The van der Waals surface area contributed by atoms with Crippen molar-refractivity contribution in [1.29, 1.82) is 5.26 Å². The molecule has 1 aliphatic heterocycles. The molecule has 2 aromatic rings. The number of nitrogens with one attached hydrogen (secondary N) is 1. The zero-order valence-electron chi connectivity index (χ0n) is 16.5. The van der Waals surface area contributed by atoms with Crippen LogP contribution in [0.15, 0.2) is 53.4 Å². The second kappa shape index (κ2) is 11.0. The van der Waals surface area contributed by atoms with Gasteiger partial charge in [0.2, 0.25) is 5.91 Å². The van der Waals surface area contributed by atoms with Crippen LogP contribution < -0.4 is 5.32 Å². The molecule has 156 valence electrons. The predicted octanol–water partition coefficient (Wildman–Crippen LogP) is 3.74. The number of thioether (sulfide) groups is 1. The zero-order valence-corrected chi connectivity index (χ0v) is 18.1. The van der Waals surface area contributed by atoms with Gasteiger partial charge in [0.05, 0.1) is 24.1 Å². The number of nitrogens with zero attached hydrogens (tertiary/aromatic N) is 3. The number of nitriles is 1. The van der Waals surface area contributed by atoms with Crippen LogP contribution in [0.4, 0.5) is 5.69 Å². The van der Waals surface area contributed by atoms with E-state index >= 15 is 0 Å². The van der Waals surface area contributed by atoms with Gasteiger partial charge in [0.15, 0.2) is 0 Å². The van der Waals surface area contributed by atoms with Crippen molar-refractivity contribution in [1.82, 2.24) is 9.80 Å². The van der Waals surface area contributed by atoms with Crippen LogP contribution in [0.25, 0.3) is 0 Å². The highest BCUT2D eigenvalue weighted by Gasteiger charge is 2.22. The highest BCUT2D eigenvalue weighted by Crippen LogP contribution is 2.26. The van der Waals surface area contributed by atoms with Crippen LogP contribution in [0.5, 0.6) is 0 Å². The van der Waals surface area contributed by atoms with E-state index in [9.17, 15) is 9.59 Å². The van der Waals surface area contributed by atoms with Gasteiger partial charge >= 0.3 is 0 Å². The van der Waals surface area contributed by atoms with Crippen LogP contribution >= 0.6 is 23.4 Å². The molecule has 0 spiro atoms. The highest BCUT2D eigenvalue weighted by atomic mass is 35.5. The molecule has 1 aliphatic rings. The van der Waals surface area contributed by atoms with Gasteiger partial charge in [0.25, 0.3) is 5.91 Å². The maximum absolute atomic E-state index is 12.7. The first-order valence-electron chi connectivity index (χ1n) is 9.72. The number of para-hydroxylation sites is 1. The number of carbonyl (C=O) groups excluding carboxylic acids is 2. The molecule has 0 saturated carbocycles. The minimum Gasteiger partial charge on any atom is -0.337 e. The maximum Gasteiger partial charge on any atom is 0.253 e. The Bertz CT molecular complexity index is 947. The van der Waals surface area contributed by atoms with Crippen LogP contribution in [-0.2, 0) is 4.79 Å². The summed E-state index contributed by atoms with van der Waals surface area (Å²) in [6.07, 6.45) is 0.800. The molecule has 1 N–H and O–H groups in total. The third-order valence-corrected chi connectivity index (χ3v) is 5.94. The Hall–Kier alpha value is -2.53. The number of carbonyl (C=O) groups is 2. The van der Waals surface area contributed by atoms with Gasteiger partial charge in [-0.15, -0.1) is 11.8 Å². The summed E-state index contributed by atoms with van der Waals surface area (Å²) in [7, 11) is 0. The first-order valence-corrected chi connectivity index (χ1v) is 11.1. The fourth-order valence-electron chi connectivity index (χ4n) is 3.33. The van der Waals surface area contributed by atoms with Gasteiger partial charge in [-0.05, 0) is 36.8 Å². The quantitative estimate of drug-likeness (QED) is 0.689. The van der Waals surface area contributed by atoms with Crippen molar-refractivity contribution in [3.8, 4) is 6.07 Å². The molecule has 1 saturated heterocycles. The average molecular weight is 443 g/mol. The maximum atomic E-state index is 12.7. The van der Waals surface area contributed by atoms with Crippen LogP contribution in [0.2, 0.25) is 5.02 Å². The van der Waals surface area contributed by atoms with E-state index in [1.165, 1.54) is 11.8 Å². The van der Waals surface area contributed by atoms with Gasteiger partial charge < -0.3 is 10.2 Å². The Morgan fingerprint density at radius 3 is 2.73 bits per heavy atom. The molecular formula is C22H23ClN4O2S. The molecule has 3 rings (SSSR count). The lowest BCUT2D eigenvalue weighted by Gasteiger charge is -2.22. The number of benzene rings is 2. The van der Waals surface area contributed by atoms with Crippen LogP contribution in [0.3, 0.4) is 0 Å². The highest BCUT2D eigenvalue weighted by molar-refractivity contribution is 7.99. The van der Waals surface area contributed by atoms with Gasteiger partial charge in [0.1, 0.15) is 0 Å². The molecule has 0 unspecified atom stereocenters. The molecule has 0 radical (unpaired) electrons. The number of amides is 2. The second-order valence-corrected chi connectivity index (χ2v) is 8.38. The van der Waals surface area contributed by atoms with Gasteiger partial charge in [0, 0.05) is 41.7 Å². The topological polar surface area (TPSA) is 76.4 Å². The molecule has 0 aromatic heterocycles. The lowest BCUT2D eigenvalue weighted by atomic mass is 10.2. The summed E-state index contributed by atoms with van der Waals surface area (Å²) in [5.74, 6) is 0.192. The monoisotopic (exact) mass is 442 g/mol. The van der Waals surface area contributed by atoms with Crippen LogP contribution in [0, 0.1) is 11.3 Å². The first kappa shape index (κ1) is 22.2. The zero-order chi connectivity index (χ0) is 21.3. The fraction of sp³-hybridized carbons (Fsp3) is 0.318. The molecule has 6 nitrogen and oxygen atoms in total. The van der Waals surface area contributed by atoms with Gasteiger partial charge in [-0.25, -0.2) is 0 Å². The molecule has 0 aliphatic carbocycles. The number of rotatable bonds is 6. The van der Waals surface area contributed by atoms with Crippen molar-refractivity contribution < 1.29 is 9.59 Å². The Labute approximate surface area is 185 Å². The molecule has 0 bridgehead atoms. The summed E-state index contributed by atoms with van der Waals surface area (Å²) in [6.45, 7) is 2.85. The minimum absolute atomic E-state index is 0.0350. The normalized spacial score (nSPS) is 14.6. The molecular weight excluding hydrogens is 420 g/mol. The van der Waals surface area contributed by atoms with Gasteiger partial charge in [-0.3, -0.25) is 14.5 Å². The van der Waals surface area contributed by atoms with E-state index in [4.69, 9.17) is 16.9 Å². The number of halogens is 1. The van der Waals surface area contributed by atoms with Crippen molar-refractivity contribution in [3.63, 3.8) is 0 Å². The number of hydrogen-bond donors (Lipinski definition) is 1. The van der Waals surface area contributed by atoms with Gasteiger partial charge in [-0.2, -0.15) is 5.26 Å². The summed E-state index contributed by atoms with van der Waals surface area (Å²) in [5.41, 5.74) is 1.30. The molecule has 30 heavy (non-hydrogen) atoms. The van der Waals surface area contributed by atoms with Crippen molar-refractivity contribution in [2.75, 3.05) is 43.8 Å². The number of anilines is 1. The van der Waals surface area contributed by atoms with Crippen LogP contribution in [-0.4, -0.2) is 60.1 Å². The van der Waals surface area contributed by atoms with Crippen molar-refractivity contribution in [2.45, 2.75) is 11.3 Å². The molecule has 8 heteroatoms. The SMILES string of the molecule is N#CCSc1ccccc1NC(=O)CN1CCCN(C(=O)c2cccc(Cl)c2)CC1. The second-order valence-electron chi connectivity index (χ2n) is 6.92. The van der Waals surface area contributed by atoms with E-state index in [0.717, 1.165) is 23.5 Å². The van der Waals surface area contributed by atoms with Crippen LogP contribution in [0.1, 0.15) is 16.8 Å². The van der Waals surface area contributed by atoms with E-state index in [1.54, 1.807) is 24.3 Å². The first-order chi connectivity index (χ1) is 14.6. The third kappa shape index (κ3) is 6.23. The van der Waals surface area contributed by atoms with Crippen molar-refractivity contribution in [3.05, 3.63) is 59.1 Å². The summed E-state index contributed by atoms with van der Waals surface area (Å²) in [6, 6.07) is 16.5. The fourth-order valence-corrected chi connectivity index (χ4v) is 4.19. The largest absolute Gasteiger partial charge is 0.337 e. The third-order valence-electron chi connectivity index (χ3n) is 4.77. The van der Waals surface area contributed by atoms with Crippen molar-refractivity contribution >= 4 is 40.9 Å². The Morgan fingerprint density at radius 1 is 1.10 bits per heavy atom. The lowest BCUT2D eigenvalue weighted by molar-refractivity contribution is -0.117. The smallest absolute Gasteiger partial charge is 0.253 e. The molecule has 2 amide bonds. The summed E-state index contributed by atoms with van der Waals surface area (Å²) in [4.78, 5) is 30.1. The summed E-state index contributed by atoms with van der Waals surface area (Å²) >= 11 is 7.40. The standard InChI is InChI=1S/C22H23ClN4O2S/c23-18-6-3-5-17(15-18)22(29)27-11-4-10-26(12-13-27)16-21(28)25-19-7-1-2-8-20(19)30-14-9-24/h1-3,5-8,15H,4,10-14,16H2,(H,25,28). The molecule has 0 atom stereocenters.